The summed E-state index contributed by atoms with van der Waals surface area (Å²) in [6.45, 7) is 4.70. The SMILES string of the molecule is CCOc1ccc(OCCNC(=O)CNC2(c3ccc(F)cc3)CCOCC2)cc1. The Hall–Kier alpha value is -2.64. The van der Waals surface area contributed by atoms with E-state index >= 15 is 0 Å². The zero-order valence-corrected chi connectivity index (χ0v) is 17.3. The quantitative estimate of drug-likeness (QED) is 0.583. The first-order valence-corrected chi connectivity index (χ1v) is 10.3. The first kappa shape index (κ1) is 22.1. The van der Waals surface area contributed by atoms with E-state index in [1.165, 1.54) is 12.1 Å². The van der Waals surface area contributed by atoms with Gasteiger partial charge < -0.3 is 19.5 Å². The van der Waals surface area contributed by atoms with Crippen LogP contribution in [0.15, 0.2) is 48.5 Å². The second-order valence-corrected chi connectivity index (χ2v) is 7.16. The van der Waals surface area contributed by atoms with E-state index in [-0.39, 0.29) is 23.8 Å². The normalized spacial score (nSPS) is 15.4. The van der Waals surface area contributed by atoms with Crippen molar-refractivity contribution in [3.63, 3.8) is 0 Å². The first-order chi connectivity index (χ1) is 14.6. The van der Waals surface area contributed by atoms with Gasteiger partial charge in [-0.2, -0.15) is 0 Å². The highest BCUT2D eigenvalue weighted by Gasteiger charge is 2.34. The summed E-state index contributed by atoms with van der Waals surface area (Å²) in [5.74, 6) is 1.14. The summed E-state index contributed by atoms with van der Waals surface area (Å²) in [6.07, 6.45) is 1.46. The van der Waals surface area contributed by atoms with Gasteiger partial charge in [-0.05, 0) is 61.7 Å². The molecule has 1 saturated heterocycles. The van der Waals surface area contributed by atoms with Crippen LogP contribution in [-0.2, 0) is 15.1 Å². The van der Waals surface area contributed by atoms with Crippen molar-refractivity contribution in [1.82, 2.24) is 10.6 Å². The second-order valence-electron chi connectivity index (χ2n) is 7.16. The molecule has 6 nitrogen and oxygen atoms in total. The third-order valence-corrected chi connectivity index (χ3v) is 5.16. The van der Waals surface area contributed by atoms with Crippen molar-refractivity contribution in [2.45, 2.75) is 25.3 Å². The molecule has 2 aromatic rings. The number of benzene rings is 2. The lowest BCUT2D eigenvalue weighted by molar-refractivity contribution is -0.121. The summed E-state index contributed by atoms with van der Waals surface area (Å²) in [6, 6.07) is 13.8. The van der Waals surface area contributed by atoms with E-state index in [2.05, 4.69) is 10.6 Å². The number of carbonyl (C=O) groups excluding carboxylic acids is 1. The first-order valence-electron chi connectivity index (χ1n) is 10.3. The Bertz CT molecular complexity index is 790. The number of halogens is 1. The monoisotopic (exact) mass is 416 g/mol. The minimum absolute atomic E-state index is 0.113. The predicted octanol–water partition coefficient (Wildman–Crippen LogP) is 3.01. The molecule has 0 atom stereocenters. The van der Waals surface area contributed by atoms with E-state index in [9.17, 15) is 9.18 Å². The molecule has 0 saturated carbocycles. The highest BCUT2D eigenvalue weighted by Crippen LogP contribution is 2.32. The van der Waals surface area contributed by atoms with Crippen molar-refractivity contribution >= 4 is 5.91 Å². The lowest BCUT2D eigenvalue weighted by Gasteiger charge is -2.38. The molecular formula is C23H29FN2O4. The maximum Gasteiger partial charge on any atom is 0.234 e. The van der Waals surface area contributed by atoms with Crippen molar-refractivity contribution in [3.8, 4) is 11.5 Å². The number of hydrogen-bond donors (Lipinski definition) is 2. The molecule has 1 aliphatic rings. The molecule has 2 N–H and O–H groups in total. The average Bonchev–Trinajstić information content (AvgIpc) is 2.78. The lowest BCUT2D eigenvalue weighted by Crippen LogP contribution is -2.50. The zero-order chi connectivity index (χ0) is 21.2. The third kappa shape index (κ3) is 6.18. The molecule has 0 aliphatic carbocycles. The number of carbonyl (C=O) groups is 1. The number of rotatable bonds is 10. The molecule has 7 heteroatoms. The largest absolute Gasteiger partial charge is 0.494 e. The molecule has 1 heterocycles. The molecule has 1 aliphatic heterocycles. The maximum atomic E-state index is 13.3. The van der Waals surface area contributed by atoms with Gasteiger partial charge in [0, 0.05) is 18.8 Å². The Morgan fingerprint density at radius 3 is 2.30 bits per heavy atom. The van der Waals surface area contributed by atoms with Crippen molar-refractivity contribution in [3.05, 3.63) is 59.9 Å². The molecule has 0 spiro atoms. The van der Waals surface area contributed by atoms with Gasteiger partial charge in [0.1, 0.15) is 23.9 Å². The Labute approximate surface area is 176 Å². The van der Waals surface area contributed by atoms with Gasteiger partial charge in [0.25, 0.3) is 0 Å². The van der Waals surface area contributed by atoms with Crippen molar-refractivity contribution < 1.29 is 23.4 Å². The van der Waals surface area contributed by atoms with Gasteiger partial charge in [0.2, 0.25) is 5.91 Å². The molecule has 0 aromatic heterocycles. The van der Waals surface area contributed by atoms with Crippen molar-refractivity contribution in [2.75, 3.05) is 39.5 Å². The summed E-state index contributed by atoms with van der Waals surface area (Å²) < 4.78 is 29.8. The molecule has 162 valence electrons. The van der Waals surface area contributed by atoms with Crippen LogP contribution >= 0.6 is 0 Å². The van der Waals surface area contributed by atoms with E-state index < -0.39 is 0 Å². The van der Waals surface area contributed by atoms with E-state index in [1.54, 1.807) is 12.1 Å². The summed E-state index contributed by atoms with van der Waals surface area (Å²) in [5, 5.41) is 6.24. The van der Waals surface area contributed by atoms with Crippen LogP contribution in [0.1, 0.15) is 25.3 Å². The summed E-state index contributed by atoms with van der Waals surface area (Å²) in [5.41, 5.74) is 0.584. The standard InChI is InChI=1S/C23H29FN2O4/c1-2-29-20-7-9-21(10-8-20)30-16-13-25-22(27)17-26-23(11-14-28-15-12-23)18-3-5-19(24)6-4-18/h3-10,26H,2,11-17H2,1H3,(H,25,27). The van der Waals surface area contributed by atoms with Crippen LogP contribution in [0.3, 0.4) is 0 Å². The topological polar surface area (TPSA) is 68.8 Å². The second kappa shape index (κ2) is 10.9. The molecular weight excluding hydrogens is 387 g/mol. The van der Waals surface area contributed by atoms with Gasteiger partial charge in [-0.1, -0.05) is 12.1 Å². The van der Waals surface area contributed by atoms with Crippen LogP contribution in [0.25, 0.3) is 0 Å². The Kier molecular flexibility index (Phi) is 8.04. The molecule has 0 radical (unpaired) electrons. The molecule has 2 aromatic carbocycles. The minimum Gasteiger partial charge on any atom is -0.494 e. The van der Waals surface area contributed by atoms with E-state index in [0.29, 0.717) is 33.0 Å². The predicted molar refractivity (Wildman–Crippen MR) is 112 cm³/mol. The van der Waals surface area contributed by atoms with Crippen LogP contribution in [0.4, 0.5) is 4.39 Å². The average molecular weight is 416 g/mol. The molecule has 0 unspecified atom stereocenters. The van der Waals surface area contributed by atoms with Gasteiger partial charge in [0.05, 0.1) is 19.7 Å². The highest BCUT2D eigenvalue weighted by atomic mass is 19.1. The van der Waals surface area contributed by atoms with Crippen LogP contribution in [0, 0.1) is 5.82 Å². The zero-order valence-electron chi connectivity index (χ0n) is 17.3. The van der Waals surface area contributed by atoms with Gasteiger partial charge >= 0.3 is 0 Å². The lowest BCUT2D eigenvalue weighted by atomic mass is 9.82. The fraction of sp³-hybridized carbons (Fsp3) is 0.435. The van der Waals surface area contributed by atoms with Crippen LogP contribution in [0.2, 0.25) is 0 Å². The van der Waals surface area contributed by atoms with Gasteiger partial charge in [0.15, 0.2) is 0 Å². The highest BCUT2D eigenvalue weighted by molar-refractivity contribution is 5.78. The summed E-state index contributed by atoms with van der Waals surface area (Å²) in [7, 11) is 0. The van der Waals surface area contributed by atoms with Crippen molar-refractivity contribution in [1.29, 1.82) is 0 Å². The minimum atomic E-state index is -0.387. The fourth-order valence-corrected chi connectivity index (χ4v) is 3.53. The number of hydrogen-bond acceptors (Lipinski definition) is 5. The number of nitrogens with one attached hydrogen (secondary N) is 2. The Morgan fingerprint density at radius 2 is 1.67 bits per heavy atom. The van der Waals surface area contributed by atoms with Crippen LogP contribution in [0.5, 0.6) is 11.5 Å². The molecule has 3 rings (SSSR count). The summed E-state index contributed by atoms with van der Waals surface area (Å²) >= 11 is 0. The van der Waals surface area contributed by atoms with E-state index in [1.807, 2.05) is 31.2 Å². The third-order valence-electron chi connectivity index (χ3n) is 5.16. The molecule has 0 bridgehead atoms. The molecule has 30 heavy (non-hydrogen) atoms. The van der Waals surface area contributed by atoms with Crippen molar-refractivity contribution in [2.24, 2.45) is 0 Å². The molecule has 1 amide bonds. The Balaban J connectivity index is 1.43. The van der Waals surface area contributed by atoms with E-state index in [4.69, 9.17) is 14.2 Å². The Morgan fingerprint density at radius 1 is 1.03 bits per heavy atom. The van der Waals surface area contributed by atoms with Crippen LogP contribution < -0.4 is 20.1 Å². The van der Waals surface area contributed by atoms with Gasteiger partial charge in [-0.15, -0.1) is 0 Å². The fourth-order valence-electron chi connectivity index (χ4n) is 3.53. The van der Waals surface area contributed by atoms with Gasteiger partial charge in [-0.3, -0.25) is 10.1 Å². The van der Waals surface area contributed by atoms with Gasteiger partial charge in [-0.25, -0.2) is 4.39 Å². The number of ether oxygens (including phenoxy) is 3. The van der Waals surface area contributed by atoms with Crippen LogP contribution in [-0.4, -0.2) is 45.4 Å². The smallest absolute Gasteiger partial charge is 0.234 e. The molecule has 1 fully saturated rings. The number of amides is 1. The van der Waals surface area contributed by atoms with E-state index in [0.717, 1.165) is 29.9 Å². The summed E-state index contributed by atoms with van der Waals surface area (Å²) in [4.78, 5) is 12.3. The maximum absolute atomic E-state index is 13.3.